The smallest absolute Gasteiger partial charge is 0.270 e. The molecule has 0 aliphatic carbocycles. The highest BCUT2D eigenvalue weighted by Crippen LogP contribution is 2.17. The quantitative estimate of drug-likeness (QED) is 0.365. The second-order valence-electron chi connectivity index (χ2n) is 2.98. The topological polar surface area (TPSA) is 95.2 Å². The van der Waals surface area contributed by atoms with Crippen LogP contribution in [0.3, 0.4) is 0 Å². The maximum absolute atomic E-state index is 10.5. The van der Waals surface area contributed by atoms with Crippen molar-refractivity contribution in [2.24, 2.45) is 11.5 Å². The Morgan fingerprint density at radius 1 is 1.38 bits per heavy atom. The first kappa shape index (κ1) is 12.1. The number of nitrogens with two attached hydrogens (primary N) is 2. The summed E-state index contributed by atoms with van der Waals surface area (Å²) in [5.74, 6) is 0. The number of halogens is 1. The van der Waals surface area contributed by atoms with Crippen LogP contribution in [0.15, 0.2) is 41.6 Å². The minimum atomic E-state index is -0.484. The second kappa shape index (κ2) is 5.18. The van der Waals surface area contributed by atoms with Gasteiger partial charge in [0.1, 0.15) is 0 Å². The molecule has 0 unspecified atom stereocenters. The van der Waals surface area contributed by atoms with E-state index in [0.29, 0.717) is 11.3 Å². The van der Waals surface area contributed by atoms with Gasteiger partial charge < -0.3 is 11.5 Å². The molecule has 0 spiro atoms. The lowest BCUT2D eigenvalue weighted by atomic mass is 10.1. The Balaban J connectivity index is 3.05. The molecule has 84 valence electrons. The van der Waals surface area contributed by atoms with Crippen molar-refractivity contribution >= 4 is 23.0 Å². The van der Waals surface area contributed by atoms with Gasteiger partial charge in [-0.05, 0) is 12.2 Å². The molecule has 1 rings (SSSR count). The molecule has 0 aromatic heterocycles. The Bertz CT molecular complexity index is 465. The number of nitro benzene ring substituents is 1. The van der Waals surface area contributed by atoms with E-state index in [9.17, 15) is 10.1 Å². The molecule has 0 radical (unpaired) electrons. The van der Waals surface area contributed by atoms with Crippen molar-refractivity contribution in [3.8, 4) is 0 Å². The fourth-order valence-electron chi connectivity index (χ4n) is 1.06. The summed E-state index contributed by atoms with van der Waals surface area (Å²) in [6, 6.07) is 5.99. The van der Waals surface area contributed by atoms with Gasteiger partial charge >= 0.3 is 0 Å². The lowest BCUT2D eigenvalue weighted by molar-refractivity contribution is -0.384. The van der Waals surface area contributed by atoms with Crippen LogP contribution in [-0.4, -0.2) is 4.92 Å². The van der Waals surface area contributed by atoms with E-state index in [0.717, 1.165) is 0 Å². The zero-order valence-corrected chi connectivity index (χ0v) is 9.02. The molecule has 0 bridgehead atoms. The molecular weight excluding hydrogens is 230 g/mol. The SMILES string of the molecule is N/C(=C\C=C(/N)Cl)c1cccc([N+](=O)[O-])c1. The Morgan fingerprint density at radius 3 is 2.62 bits per heavy atom. The molecule has 5 nitrogen and oxygen atoms in total. The van der Waals surface area contributed by atoms with Gasteiger partial charge in [-0.3, -0.25) is 10.1 Å². The van der Waals surface area contributed by atoms with Crippen LogP contribution in [0.1, 0.15) is 5.56 Å². The van der Waals surface area contributed by atoms with Crippen LogP contribution < -0.4 is 11.5 Å². The molecule has 0 saturated carbocycles. The number of nitrogens with zero attached hydrogens (tertiary/aromatic N) is 1. The van der Waals surface area contributed by atoms with E-state index >= 15 is 0 Å². The summed E-state index contributed by atoms with van der Waals surface area (Å²) in [6.45, 7) is 0. The van der Waals surface area contributed by atoms with E-state index in [1.54, 1.807) is 12.1 Å². The van der Waals surface area contributed by atoms with Crippen LogP contribution in [0.4, 0.5) is 5.69 Å². The summed E-state index contributed by atoms with van der Waals surface area (Å²) in [7, 11) is 0. The summed E-state index contributed by atoms with van der Waals surface area (Å²) in [5, 5.41) is 10.6. The first-order valence-electron chi connectivity index (χ1n) is 4.34. The van der Waals surface area contributed by atoms with Crippen molar-refractivity contribution in [1.29, 1.82) is 0 Å². The Kier molecular flexibility index (Phi) is 3.90. The largest absolute Gasteiger partial charge is 0.398 e. The standard InChI is InChI=1S/C10H10ClN3O2/c11-10(13)5-4-9(12)7-2-1-3-8(6-7)14(15)16/h1-6H,12-13H2/b9-4-,10-5-. The summed E-state index contributed by atoms with van der Waals surface area (Å²) >= 11 is 5.42. The van der Waals surface area contributed by atoms with Gasteiger partial charge in [-0.1, -0.05) is 23.7 Å². The van der Waals surface area contributed by atoms with Crippen molar-refractivity contribution in [1.82, 2.24) is 0 Å². The molecule has 0 fully saturated rings. The summed E-state index contributed by atoms with van der Waals surface area (Å²) in [6.07, 6.45) is 2.90. The number of hydrogen-bond acceptors (Lipinski definition) is 4. The van der Waals surface area contributed by atoms with Crippen LogP contribution in [0, 0.1) is 10.1 Å². The highest BCUT2D eigenvalue weighted by molar-refractivity contribution is 6.29. The molecule has 0 amide bonds. The van der Waals surface area contributed by atoms with Crippen LogP contribution in [0.5, 0.6) is 0 Å². The number of benzene rings is 1. The monoisotopic (exact) mass is 239 g/mol. The van der Waals surface area contributed by atoms with Crippen LogP contribution in [0.2, 0.25) is 0 Å². The maximum Gasteiger partial charge on any atom is 0.270 e. The Labute approximate surface area is 97.1 Å². The number of allylic oxidation sites excluding steroid dienone is 2. The van der Waals surface area contributed by atoms with E-state index in [2.05, 4.69) is 0 Å². The lowest BCUT2D eigenvalue weighted by Gasteiger charge is -2.00. The highest BCUT2D eigenvalue weighted by Gasteiger charge is 2.06. The van der Waals surface area contributed by atoms with Gasteiger partial charge in [-0.25, -0.2) is 0 Å². The molecular formula is C10H10ClN3O2. The first-order chi connectivity index (χ1) is 7.50. The lowest BCUT2D eigenvalue weighted by Crippen LogP contribution is -1.97. The summed E-state index contributed by atoms with van der Waals surface area (Å²) in [4.78, 5) is 10.1. The number of rotatable bonds is 3. The normalized spacial score (nSPS) is 12.6. The molecule has 0 heterocycles. The molecule has 0 aliphatic rings. The third-order valence-corrected chi connectivity index (χ3v) is 1.94. The molecule has 1 aromatic carbocycles. The highest BCUT2D eigenvalue weighted by atomic mass is 35.5. The predicted octanol–water partition coefficient (Wildman–Crippen LogP) is 1.93. The summed E-state index contributed by atoms with van der Waals surface area (Å²) < 4.78 is 0. The first-order valence-corrected chi connectivity index (χ1v) is 4.72. The van der Waals surface area contributed by atoms with Gasteiger partial charge in [0.05, 0.1) is 10.1 Å². The molecule has 1 aromatic rings. The second-order valence-corrected chi connectivity index (χ2v) is 3.42. The molecule has 0 saturated heterocycles. The minimum absolute atomic E-state index is 0.0170. The van der Waals surface area contributed by atoms with Crippen LogP contribution in [-0.2, 0) is 0 Å². The predicted molar refractivity (Wildman–Crippen MR) is 63.4 cm³/mol. The molecule has 16 heavy (non-hydrogen) atoms. The Hall–Kier alpha value is -2.01. The van der Waals surface area contributed by atoms with E-state index in [1.165, 1.54) is 24.3 Å². The van der Waals surface area contributed by atoms with Gasteiger partial charge in [0.25, 0.3) is 5.69 Å². The number of non-ortho nitro benzene ring substituents is 1. The zero-order valence-electron chi connectivity index (χ0n) is 8.26. The van der Waals surface area contributed by atoms with Gasteiger partial charge in [-0.15, -0.1) is 0 Å². The van der Waals surface area contributed by atoms with Gasteiger partial charge in [0.2, 0.25) is 0 Å². The van der Waals surface area contributed by atoms with Crippen LogP contribution in [0.25, 0.3) is 5.70 Å². The zero-order chi connectivity index (χ0) is 12.1. The van der Waals surface area contributed by atoms with E-state index in [4.69, 9.17) is 23.1 Å². The van der Waals surface area contributed by atoms with Crippen molar-refractivity contribution in [3.63, 3.8) is 0 Å². The third-order valence-electron chi connectivity index (χ3n) is 1.81. The van der Waals surface area contributed by atoms with E-state index in [-0.39, 0.29) is 10.8 Å². The molecule has 6 heteroatoms. The minimum Gasteiger partial charge on any atom is -0.398 e. The number of hydrogen-bond donors (Lipinski definition) is 2. The van der Waals surface area contributed by atoms with Crippen molar-refractivity contribution in [2.75, 3.05) is 0 Å². The van der Waals surface area contributed by atoms with E-state index < -0.39 is 4.92 Å². The average molecular weight is 240 g/mol. The molecule has 0 aliphatic heterocycles. The molecule has 0 atom stereocenters. The van der Waals surface area contributed by atoms with E-state index in [1.807, 2.05) is 0 Å². The average Bonchev–Trinajstić information content (AvgIpc) is 2.26. The van der Waals surface area contributed by atoms with Crippen molar-refractivity contribution in [3.05, 3.63) is 57.3 Å². The van der Waals surface area contributed by atoms with Gasteiger partial charge in [0, 0.05) is 23.4 Å². The van der Waals surface area contributed by atoms with Crippen molar-refractivity contribution < 1.29 is 4.92 Å². The van der Waals surface area contributed by atoms with Gasteiger partial charge in [0.15, 0.2) is 0 Å². The van der Waals surface area contributed by atoms with Gasteiger partial charge in [-0.2, -0.15) is 0 Å². The third kappa shape index (κ3) is 3.29. The fraction of sp³-hybridized carbons (Fsp3) is 0. The maximum atomic E-state index is 10.5. The Morgan fingerprint density at radius 2 is 2.06 bits per heavy atom. The fourth-order valence-corrected chi connectivity index (χ4v) is 1.13. The van der Waals surface area contributed by atoms with Crippen molar-refractivity contribution in [2.45, 2.75) is 0 Å². The van der Waals surface area contributed by atoms with Crippen LogP contribution >= 0.6 is 11.6 Å². The molecule has 4 N–H and O–H groups in total. The summed E-state index contributed by atoms with van der Waals surface area (Å²) in [5.41, 5.74) is 11.8. The number of nitro groups is 1.